The highest BCUT2D eigenvalue weighted by molar-refractivity contribution is 6.03. The van der Waals surface area contributed by atoms with Crippen molar-refractivity contribution in [2.24, 2.45) is 0 Å². The van der Waals surface area contributed by atoms with E-state index in [1.54, 1.807) is 13.8 Å². The Morgan fingerprint density at radius 3 is 2.45 bits per heavy atom. The van der Waals surface area contributed by atoms with Gasteiger partial charge in [-0.25, -0.2) is 0 Å². The molecule has 2 N–H and O–H groups in total. The first-order valence-electron chi connectivity index (χ1n) is 5.65. The van der Waals surface area contributed by atoms with Crippen LogP contribution >= 0.6 is 0 Å². The molecule has 0 aliphatic heterocycles. The average molecular weight is 284 g/mol. The molecule has 0 aliphatic rings. The van der Waals surface area contributed by atoms with Crippen molar-refractivity contribution in [3.8, 4) is 0 Å². The standard InChI is InChI=1S/C12H11F3N4O/c1-6-7(2)18-19-10(6)17-11(20)8-3-4-9(16-5-8)12(13,14)15/h3-5H,1-2H3,(H2,17,18,19,20). The molecule has 106 valence electrons. The first-order valence-corrected chi connectivity index (χ1v) is 5.65. The molecule has 0 fully saturated rings. The SMILES string of the molecule is Cc1[nH]nc(NC(=O)c2ccc(C(F)(F)F)nc2)c1C. The van der Waals surface area contributed by atoms with Gasteiger partial charge in [-0.2, -0.15) is 18.3 Å². The summed E-state index contributed by atoms with van der Waals surface area (Å²) in [5.74, 6) is -0.228. The van der Waals surface area contributed by atoms with Gasteiger partial charge in [0.05, 0.1) is 5.56 Å². The van der Waals surface area contributed by atoms with Crippen molar-refractivity contribution < 1.29 is 18.0 Å². The Labute approximate surface area is 112 Å². The maximum Gasteiger partial charge on any atom is 0.433 e. The van der Waals surface area contributed by atoms with E-state index in [2.05, 4.69) is 20.5 Å². The molecule has 0 saturated carbocycles. The fourth-order valence-electron chi connectivity index (χ4n) is 1.48. The molecule has 0 radical (unpaired) electrons. The van der Waals surface area contributed by atoms with Crippen LogP contribution in [0.15, 0.2) is 18.3 Å². The summed E-state index contributed by atoms with van der Waals surface area (Å²) < 4.78 is 37.0. The van der Waals surface area contributed by atoms with Gasteiger partial charge < -0.3 is 5.32 Å². The molecule has 0 atom stereocenters. The van der Waals surface area contributed by atoms with E-state index < -0.39 is 17.8 Å². The maximum absolute atomic E-state index is 12.3. The summed E-state index contributed by atoms with van der Waals surface area (Å²) >= 11 is 0. The predicted molar refractivity (Wildman–Crippen MR) is 65.3 cm³/mol. The summed E-state index contributed by atoms with van der Waals surface area (Å²) in [5, 5.41) is 9.08. The normalized spacial score (nSPS) is 11.4. The van der Waals surface area contributed by atoms with Crippen LogP contribution in [0.4, 0.5) is 19.0 Å². The second-order valence-electron chi connectivity index (χ2n) is 4.21. The Hall–Kier alpha value is -2.38. The van der Waals surface area contributed by atoms with Gasteiger partial charge in [0.2, 0.25) is 0 Å². The number of anilines is 1. The van der Waals surface area contributed by atoms with Crippen LogP contribution in [0.3, 0.4) is 0 Å². The molecule has 0 saturated heterocycles. The van der Waals surface area contributed by atoms with Gasteiger partial charge in [-0.3, -0.25) is 14.9 Å². The first kappa shape index (κ1) is 14.0. The van der Waals surface area contributed by atoms with E-state index in [1.165, 1.54) is 0 Å². The number of halogens is 3. The Morgan fingerprint density at radius 1 is 1.30 bits per heavy atom. The summed E-state index contributed by atoms with van der Waals surface area (Å²) in [7, 11) is 0. The number of hydrogen-bond donors (Lipinski definition) is 2. The molecule has 2 rings (SSSR count). The molecule has 20 heavy (non-hydrogen) atoms. The number of nitrogens with one attached hydrogen (secondary N) is 2. The Bertz CT molecular complexity index is 631. The van der Waals surface area contributed by atoms with Crippen molar-refractivity contribution in [2.45, 2.75) is 20.0 Å². The molecule has 5 nitrogen and oxygen atoms in total. The topological polar surface area (TPSA) is 70.7 Å². The van der Waals surface area contributed by atoms with E-state index in [0.717, 1.165) is 29.6 Å². The Balaban J connectivity index is 2.16. The van der Waals surface area contributed by atoms with Crippen molar-refractivity contribution in [2.75, 3.05) is 5.32 Å². The van der Waals surface area contributed by atoms with E-state index in [-0.39, 0.29) is 5.56 Å². The molecule has 1 amide bonds. The molecule has 8 heteroatoms. The van der Waals surface area contributed by atoms with Gasteiger partial charge in [0.1, 0.15) is 5.69 Å². The Kier molecular flexibility index (Phi) is 3.47. The van der Waals surface area contributed by atoms with Crippen molar-refractivity contribution in [3.63, 3.8) is 0 Å². The summed E-state index contributed by atoms with van der Waals surface area (Å²) in [5.41, 5.74) is 0.544. The van der Waals surface area contributed by atoms with Crippen molar-refractivity contribution in [3.05, 3.63) is 40.8 Å². The number of aryl methyl sites for hydroxylation is 1. The fourth-order valence-corrected chi connectivity index (χ4v) is 1.48. The number of aromatic amines is 1. The highest BCUT2D eigenvalue weighted by Crippen LogP contribution is 2.27. The third-order valence-corrected chi connectivity index (χ3v) is 2.80. The number of pyridine rings is 1. The summed E-state index contributed by atoms with van der Waals surface area (Å²) in [4.78, 5) is 15.1. The van der Waals surface area contributed by atoms with E-state index in [1.807, 2.05) is 0 Å². The highest BCUT2D eigenvalue weighted by Gasteiger charge is 2.32. The third-order valence-electron chi connectivity index (χ3n) is 2.80. The quantitative estimate of drug-likeness (QED) is 0.890. The first-order chi connectivity index (χ1) is 9.29. The van der Waals surface area contributed by atoms with Crippen molar-refractivity contribution >= 4 is 11.7 Å². The Morgan fingerprint density at radius 2 is 2.00 bits per heavy atom. The van der Waals surface area contributed by atoms with E-state index >= 15 is 0 Å². The lowest BCUT2D eigenvalue weighted by molar-refractivity contribution is -0.141. The molecule has 0 aliphatic carbocycles. The van der Waals surface area contributed by atoms with Crippen LogP contribution in [0, 0.1) is 13.8 Å². The summed E-state index contributed by atoms with van der Waals surface area (Å²) in [6.07, 6.45) is -3.64. The van der Waals surface area contributed by atoms with Crippen molar-refractivity contribution in [1.29, 1.82) is 0 Å². The number of amides is 1. The maximum atomic E-state index is 12.3. The van der Waals surface area contributed by atoms with Gasteiger partial charge in [-0.05, 0) is 26.0 Å². The number of rotatable bonds is 2. The molecule has 0 bridgehead atoms. The van der Waals surface area contributed by atoms with Gasteiger partial charge >= 0.3 is 6.18 Å². The molecular formula is C12H11F3N4O. The molecule has 2 aromatic rings. The van der Waals surface area contributed by atoms with Crippen LogP contribution in [0.25, 0.3) is 0 Å². The van der Waals surface area contributed by atoms with Crippen molar-refractivity contribution in [1.82, 2.24) is 15.2 Å². The van der Waals surface area contributed by atoms with Crippen LogP contribution in [0.2, 0.25) is 0 Å². The van der Waals surface area contributed by atoms with E-state index in [0.29, 0.717) is 5.82 Å². The number of alkyl halides is 3. The number of H-pyrrole nitrogens is 1. The zero-order valence-electron chi connectivity index (χ0n) is 10.7. The summed E-state index contributed by atoms with van der Waals surface area (Å²) in [6, 6.07) is 1.83. The number of carbonyl (C=O) groups excluding carboxylic acids is 1. The molecule has 2 aromatic heterocycles. The monoisotopic (exact) mass is 284 g/mol. The largest absolute Gasteiger partial charge is 0.433 e. The molecule has 2 heterocycles. The van der Waals surface area contributed by atoms with Gasteiger partial charge in [0, 0.05) is 17.5 Å². The zero-order valence-corrected chi connectivity index (χ0v) is 10.7. The van der Waals surface area contributed by atoms with E-state index in [9.17, 15) is 18.0 Å². The average Bonchev–Trinajstić information content (AvgIpc) is 2.70. The lowest BCUT2D eigenvalue weighted by atomic mass is 10.2. The smallest absolute Gasteiger partial charge is 0.305 e. The second kappa shape index (κ2) is 4.95. The number of aromatic nitrogens is 3. The van der Waals surface area contributed by atoms with Crippen LogP contribution in [-0.2, 0) is 6.18 Å². The molecule has 0 aromatic carbocycles. The minimum atomic E-state index is -4.52. The second-order valence-corrected chi connectivity index (χ2v) is 4.21. The van der Waals surface area contributed by atoms with Gasteiger partial charge in [0.25, 0.3) is 5.91 Å². The number of hydrogen-bond acceptors (Lipinski definition) is 3. The molecular weight excluding hydrogens is 273 g/mol. The summed E-state index contributed by atoms with van der Waals surface area (Å²) in [6.45, 7) is 3.55. The third kappa shape index (κ3) is 2.79. The van der Waals surface area contributed by atoms with Crippen LogP contribution in [-0.4, -0.2) is 21.1 Å². The highest BCUT2D eigenvalue weighted by atomic mass is 19.4. The van der Waals surface area contributed by atoms with Crippen LogP contribution < -0.4 is 5.32 Å². The van der Waals surface area contributed by atoms with E-state index in [4.69, 9.17) is 0 Å². The minimum absolute atomic E-state index is 0.0260. The molecule has 0 unspecified atom stereocenters. The van der Waals surface area contributed by atoms with Gasteiger partial charge in [-0.1, -0.05) is 0 Å². The lowest BCUT2D eigenvalue weighted by Gasteiger charge is -2.06. The predicted octanol–water partition coefficient (Wildman–Crippen LogP) is 2.69. The van der Waals surface area contributed by atoms with Gasteiger partial charge in [0.15, 0.2) is 5.82 Å². The van der Waals surface area contributed by atoms with Gasteiger partial charge in [-0.15, -0.1) is 0 Å². The number of nitrogens with zero attached hydrogens (tertiary/aromatic N) is 2. The van der Waals surface area contributed by atoms with Crippen LogP contribution in [0.1, 0.15) is 27.3 Å². The number of carbonyl (C=O) groups is 1. The van der Waals surface area contributed by atoms with Crippen LogP contribution in [0.5, 0.6) is 0 Å². The lowest BCUT2D eigenvalue weighted by Crippen LogP contribution is -2.15. The fraction of sp³-hybridized carbons (Fsp3) is 0.250. The minimum Gasteiger partial charge on any atom is -0.305 e. The zero-order chi connectivity index (χ0) is 14.9. The molecule has 0 spiro atoms.